The lowest BCUT2D eigenvalue weighted by molar-refractivity contribution is 0.102. The number of phenols is 1. The number of benzene rings is 2. The minimum atomic E-state index is -0.311. The molecule has 0 aromatic heterocycles. The van der Waals surface area contributed by atoms with E-state index in [1.807, 2.05) is 24.3 Å². The van der Waals surface area contributed by atoms with Crippen LogP contribution in [-0.4, -0.2) is 17.6 Å². The van der Waals surface area contributed by atoms with Gasteiger partial charge in [0.05, 0.1) is 11.6 Å². The second-order valence-corrected chi connectivity index (χ2v) is 6.03. The van der Waals surface area contributed by atoms with Crippen molar-refractivity contribution in [1.82, 2.24) is 0 Å². The van der Waals surface area contributed by atoms with E-state index in [2.05, 4.69) is 19.2 Å². The summed E-state index contributed by atoms with van der Waals surface area (Å²) in [6.45, 7) is 6.47. The minimum Gasteiger partial charge on any atom is -0.503 e. The molecule has 4 nitrogen and oxygen atoms in total. The Balaban J connectivity index is 2.17. The van der Waals surface area contributed by atoms with Crippen molar-refractivity contribution >= 4 is 23.2 Å². The van der Waals surface area contributed by atoms with Crippen LogP contribution in [0, 0.1) is 0 Å². The Hall–Kier alpha value is -2.20. The summed E-state index contributed by atoms with van der Waals surface area (Å²) in [6.07, 6.45) is 1.07. The number of amides is 1. The summed E-state index contributed by atoms with van der Waals surface area (Å²) < 4.78 is 5.30. The highest BCUT2D eigenvalue weighted by Gasteiger charge is 2.14. The molecule has 0 spiro atoms. The number of phenolic OH excluding ortho intramolecular Hbond substituents is 1. The maximum atomic E-state index is 12.4. The first-order chi connectivity index (χ1) is 11.5. The molecule has 2 aromatic carbocycles. The Kier molecular flexibility index (Phi) is 6.10. The van der Waals surface area contributed by atoms with Crippen LogP contribution in [0.15, 0.2) is 36.4 Å². The Morgan fingerprint density at radius 3 is 2.50 bits per heavy atom. The van der Waals surface area contributed by atoms with Gasteiger partial charge in [-0.3, -0.25) is 4.79 Å². The van der Waals surface area contributed by atoms with Crippen LogP contribution >= 0.6 is 11.6 Å². The number of nitrogens with one attached hydrogen (secondary N) is 1. The zero-order valence-corrected chi connectivity index (χ0v) is 14.9. The molecule has 0 radical (unpaired) electrons. The fraction of sp³-hybridized carbons (Fsp3) is 0.316. The maximum absolute atomic E-state index is 12.4. The van der Waals surface area contributed by atoms with Crippen molar-refractivity contribution in [1.29, 1.82) is 0 Å². The van der Waals surface area contributed by atoms with E-state index in [0.717, 1.165) is 6.42 Å². The second-order valence-electron chi connectivity index (χ2n) is 5.62. The number of hydrogen-bond acceptors (Lipinski definition) is 3. The van der Waals surface area contributed by atoms with Gasteiger partial charge < -0.3 is 15.2 Å². The highest BCUT2D eigenvalue weighted by atomic mass is 35.5. The molecule has 0 aliphatic carbocycles. The van der Waals surface area contributed by atoms with Gasteiger partial charge in [0.2, 0.25) is 0 Å². The van der Waals surface area contributed by atoms with E-state index < -0.39 is 0 Å². The lowest BCUT2D eigenvalue weighted by Crippen LogP contribution is -2.12. The van der Waals surface area contributed by atoms with Gasteiger partial charge in [0.15, 0.2) is 11.5 Å². The summed E-state index contributed by atoms with van der Waals surface area (Å²) >= 11 is 5.96. The first kappa shape index (κ1) is 18.1. The van der Waals surface area contributed by atoms with Gasteiger partial charge in [-0.15, -0.1) is 0 Å². The van der Waals surface area contributed by atoms with Gasteiger partial charge in [-0.05, 0) is 49.1 Å². The van der Waals surface area contributed by atoms with E-state index in [1.54, 1.807) is 6.92 Å². The van der Waals surface area contributed by atoms with Crippen LogP contribution in [-0.2, 0) is 0 Å². The van der Waals surface area contributed by atoms with Crippen molar-refractivity contribution in [2.45, 2.75) is 33.1 Å². The summed E-state index contributed by atoms with van der Waals surface area (Å²) in [5.41, 5.74) is 2.27. The zero-order valence-electron chi connectivity index (χ0n) is 14.1. The molecule has 0 saturated heterocycles. The molecule has 2 rings (SSSR count). The monoisotopic (exact) mass is 347 g/mol. The second kappa shape index (κ2) is 8.06. The van der Waals surface area contributed by atoms with Crippen molar-refractivity contribution in [3.8, 4) is 11.5 Å². The number of rotatable bonds is 6. The third kappa shape index (κ3) is 4.20. The van der Waals surface area contributed by atoms with E-state index >= 15 is 0 Å². The summed E-state index contributed by atoms with van der Waals surface area (Å²) in [5.74, 6) is 0.212. The quantitative estimate of drug-likeness (QED) is 0.754. The molecule has 0 fully saturated rings. The van der Waals surface area contributed by atoms with Gasteiger partial charge >= 0.3 is 0 Å². The Morgan fingerprint density at radius 1 is 1.25 bits per heavy atom. The molecular weight excluding hydrogens is 326 g/mol. The van der Waals surface area contributed by atoms with E-state index in [0.29, 0.717) is 23.8 Å². The smallest absolute Gasteiger partial charge is 0.255 e. The van der Waals surface area contributed by atoms with Gasteiger partial charge in [0.1, 0.15) is 0 Å². The van der Waals surface area contributed by atoms with E-state index in [-0.39, 0.29) is 22.4 Å². The molecule has 0 heterocycles. The van der Waals surface area contributed by atoms with Crippen molar-refractivity contribution < 1.29 is 14.6 Å². The number of carbonyl (C=O) groups is 1. The topological polar surface area (TPSA) is 58.6 Å². The fourth-order valence-corrected chi connectivity index (χ4v) is 2.52. The Morgan fingerprint density at radius 2 is 1.92 bits per heavy atom. The third-order valence-corrected chi connectivity index (χ3v) is 4.23. The van der Waals surface area contributed by atoms with Crippen molar-refractivity contribution in [3.05, 3.63) is 52.5 Å². The summed E-state index contributed by atoms with van der Waals surface area (Å²) in [5, 5.41) is 12.7. The molecule has 1 amide bonds. The normalized spacial score (nSPS) is 11.8. The molecule has 2 N–H and O–H groups in total. The van der Waals surface area contributed by atoms with Gasteiger partial charge in [-0.25, -0.2) is 0 Å². The molecule has 0 bridgehead atoms. The Labute approximate surface area is 147 Å². The number of aromatic hydroxyl groups is 1. The first-order valence-corrected chi connectivity index (χ1v) is 8.40. The first-order valence-electron chi connectivity index (χ1n) is 8.02. The predicted octanol–water partition coefficient (Wildman–Crippen LogP) is 5.21. The summed E-state index contributed by atoms with van der Waals surface area (Å²) in [6, 6.07) is 10.7. The number of ether oxygens (including phenoxy) is 1. The Bertz CT molecular complexity index is 713. The largest absolute Gasteiger partial charge is 0.503 e. The van der Waals surface area contributed by atoms with Crippen molar-refractivity contribution in [2.24, 2.45) is 0 Å². The maximum Gasteiger partial charge on any atom is 0.255 e. The van der Waals surface area contributed by atoms with Crippen LogP contribution in [0.25, 0.3) is 0 Å². The summed E-state index contributed by atoms with van der Waals surface area (Å²) in [7, 11) is 0. The van der Waals surface area contributed by atoms with Crippen LogP contribution < -0.4 is 10.1 Å². The molecular formula is C19H22ClNO3. The predicted molar refractivity (Wildman–Crippen MR) is 97.4 cm³/mol. The molecule has 24 heavy (non-hydrogen) atoms. The van der Waals surface area contributed by atoms with Crippen LogP contribution in [0.3, 0.4) is 0 Å². The number of carbonyl (C=O) groups excluding carboxylic acids is 1. The zero-order chi connectivity index (χ0) is 17.7. The third-order valence-electron chi connectivity index (χ3n) is 3.94. The molecule has 1 unspecified atom stereocenters. The molecule has 128 valence electrons. The molecule has 0 aliphatic heterocycles. The lowest BCUT2D eigenvalue weighted by Gasteiger charge is -2.12. The van der Waals surface area contributed by atoms with Crippen LogP contribution in [0.5, 0.6) is 11.5 Å². The number of hydrogen-bond donors (Lipinski definition) is 2. The van der Waals surface area contributed by atoms with Crippen LogP contribution in [0.4, 0.5) is 5.69 Å². The molecule has 2 aromatic rings. The molecule has 0 aliphatic rings. The molecule has 5 heteroatoms. The minimum absolute atomic E-state index is 0.0817. The van der Waals surface area contributed by atoms with Crippen molar-refractivity contribution in [3.63, 3.8) is 0 Å². The van der Waals surface area contributed by atoms with Crippen molar-refractivity contribution in [2.75, 3.05) is 11.9 Å². The summed E-state index contributed by atoms with van der Waals surface area (Å²) in [4.78, 5) is 12.4. The van der Waals surface area contributed by atoms with Gasteiger partial charge in [0.25, 0.3) is 5.91 Å². The number of anilines is 1. The van der Waals surface area contributed by atoms with E-state index in [1.165, 1.54) is 17.7 Å². The highest BCUT2D eigenvalue weighted by Crippen LogP contribution is 2.35. The lowest BCUT2D eigenvalue weighted by atomic mass is 9.98. The average molecular weight is 348 g/mol. The van der Waals surface area contributed by atoms with Crippen LogP contribution in [0.2, 0.25) is 5.02 Å². The van der Waals surface area contributed by atoms with Gasteiger partial charge in [0, 0.05) is 11.3 Å². The van der Waals surface area contributed by atoms with Crippen LogP contribution in [0.1, 0.15) is 49.0 Å². The average Bonchev–Trinajstić information content (AvgIpc) is 2.58. The molecule has 0 saturated carbocycles. The van der Waals surface area contributed by atoms with E-state index in [9.17, 15) is 9.90 Å². The highest BCUT2D eigenvalue weighted by molar-refractivity contribution is 6.32. The van der Waals surface area contributed by atoms with E-state index in [4.69, 9.17) is 16.3 Å². The standard InChI is InChI=1S/C19H22ClNO3/c1-4-12(3)13-6-8-15(9-7-13)21-19(23)14-10-16(20)18(22)17(11-14)24-5-2/h6-12,22H,4-5H2,1-3H3,(H,21,23). The number of halogens is 1. The molecule has 1 atom stereocenters. The SMILES string of the molecule is CCOc1cc(C(=O)Nc2ccc(C(C)CC)cc2)cc(Cl)c1O. The fourth-order valence-electron chi connectivity index (χ4n) is 2.30. The van der Waals surface area contributed by atoms with Gasteiger partial charge in [-0.2, -0.15) is 0 Å². The van der Waals surface area contributed by atoms with Gasteiger partial charge in [-0.1, -0.05) is 37.6 Å².